The number of urea groups is 1. The highest BCUT2D eigenvalue weighted by Crippen LogP contribution is 2.22. The number of amides is 3. The molecule has 0 radical (unpaired) electrons. The molecule has 31 heavy (non-hydrogen) atoms. The van der Waals surface area contributed by atoms with E-state index in [-0.39, 0.29) is 11.9 Å². The summed E-state index contributed by atoms with van der Waals surface area (Å²) in [5.74, 6) is 0.877. The number of fused-ring (bicyclic) bond motifs is 1. The van der Waals surface area contributed by atoms with E-state index in [0.29, 0.717) is 44.6 Å². The number of nitrogens with zero attached hydrogens (tertiary/aromatic N) is 7. The van der Waals surface area contributed by atoms with Crippen LogP contribution < -0.4 is 0 Å². The summed E-state index contributed by atoms with van der Waals surface area (Å²) in [7, 11) is 1.70. The van der Waals surface area contributed by atoms with Crippen LogP contribution in [-0.2, 0) is 9.53 Å². The molecule has 3 aliphatic heterocycles. The van der Waals surface area contributed by atoms with Gasteiger partial charge in [0.05, 0.1) is 25.5 Å². The molecule has 0 aromatic carbocycles. The van der Waals surface area contributed by atoms with E-state index in [2.05, 4.69) is 16.9 Å². The third-order valence-corrected chi connectivity index (χ3v) is 6.44. The largest absolute Gasteiger partial charge is 0.421 e. The van der Waals surface area contributed by atoms with Crippen LogP contribution in [0.3, 0.4) is 0 Å². The van der Waals surface area contributed by atoms with Crippen molar-refractivity contribution in [3.05, 3.63) is 17.0 Å². The highest BCUT2D eigenvalue weighted by atomic mass is 16.5. The minimum absolute atomic E-state index is 0.211. The predicted octanol–water partition coefficient (Wildman–Crippen LogP) is 0.442. The van der Waals surface area contributed by atoms with Crippen molar-refractivity contribution >= 4 is 23.7 Å². The fourth-order valence-corrected chi connectivity index (χ4v) is 4.33. The average molecular weight is 431 g/mol. The van der Waals surface area contributed by atoms with Crippen LogP contribution in [0, 0.1) is 20.8 Å². The topological polar surface area (TPSA) is 86.3 Å². The number of carbonyl (C=O) groups excluding carboxylic acids is 2. The van der Waals surface area contributed by atoms with Gasteiger partial charge < -0.3 is 4.74 Å². The fraction of sp³-hybridized carbons (Fsp3) is 0.667. The van der Waals surface area contributed by atoms with Crippen molar-refractivity contribution in [3.8, 4) is 0 Å². The van der Waals surface area contributed by atoms with Crippen molar-refractivity contribution in [2.24, 2.45) is 4.99 Å². The number of amidine groups is 1. The summed E-state index contributed by atoms with van der Waals surface area (Å²) in [5, 5.41) is 4.65. The van der Waals surface area contributed by atoms with Gasteiger partial charge >= 0.3 is 12.0 Å². The van der Waals surface area contributed by atoms with E-state index in [0.717, 1.165) is 36.5 Å². The molecular weight excluding hydrogens is 398 g/mol. The van der Waals surface area contributed by atoms with Crippen molar-refractivity contribution in [2.75, 3.05) is 53.0 Å². The van der Waals surface area contributed by atoms with Gasteiger partial charge in [0.1, 0.15) is 5.69 Å². The Morgan fingerprint density at radius 2 is 1.84 bits per heavy atom. The Hall–Kier alpha value is -2.59. The minimum Gasteiger partial charge on any atom is -0.379 e. The Morgan fingerprint density at radius 3 is 2.45 bits per heavy atom. The van der Waals surface area contributed by atoms with Gasteiger partial charge in [-0.2, -0.15) is 0 Å². The van der Waals surface area contributed by atoms with E-state index in [1.807, 2.05) is 25.3 Å². The quantitative estimate of drug-likeness (QED) is 0.633. The highest BCUT2D eigenvalue weighted by Gasteiger charge is 2.53. The summed E-state index contributed by atoms with van der Waals surface area (Å²) >= 11 is 0. The number of hydrogen-bond donors (Lipinski definition) is 0. The van der Waals surface area contributed by atoms with Crippen LogP contribution in [0.1, 0.15) is 30.3 Å². The van der Waals surface area contributed by atoms with Crippen molar-refractivity contribution in [1.29, 1.82) is 0 Å². The zero-order valence-corrected chi connectivity index (χ0v) is 19.1. The maximum atomic E-state index is 13.5. The summed E-state index contributed by atoms with van der Waals surface area (Å²) in [5.41, 5.74) is 3.02. The van der Waals surface area contributed by atoms with Gasteiger partial charge in [0.2, 0.25) is 11.9 Å². The molecular formula is C21H32N7O3+. The van der Waals surface area contributed by atoms with E-state index in [4.69, 9.17) is 9.73 Å². The van der Waals surface area contributed by atoms with Crippen molar-refractivity contribution in [3.63, 3.8) is 0 Å². The van der Waals surface area contributed by atoms with Gasteiger partial charge in [0, 0.05) is 38.8 Å². The molecule has 3 amide bonds. The molecule has 4 rings (SSSR count). The van der Waals surface area contributed by atoms with Gasteiger partial charge in [0.25, 0.3) is 5.91 Å². The standard InChI is InChI=1S/C21H32N7O3/c1-6-7-26-17-18(22-20(26)28-16(4)14(2)15(3)23-28)24(5)21(30)27(19(17)29)9-8-25-10-12-31-13-11-25/h17H,6-13H2,1-5H3/q+1. The van der Waals surface area contributed by atoms with E-state index in [1.165, 1.54) is 9.80 Å². The van der Waals surface area contributed by atoms with Gasteiger partial charge in [-0.1, -0.05) is 11.9 Å². The molecule has 0 spiro atoms. The fourth-order valence-electron chi connectivity index (χ4n) is 4.33. The van der Waals surface area contributed by atoms with E-state index in [9.17, 15) is 9.59 Å². The smallest absolute Gasteiger partial charge is 0.379 e. The first-order chi connectivity index (χ1) is 14.8. The number of morpholine rings is 1. The summed E-state index contributed by atoms with van der Waals surface area (Å²) in [6.45, 7) is 12.7. The van der Waals surface area contributed by atoms with Crippen molar-refractivity contribution < 1.29 is 18.9 Å². The van der Waals surface area contributed by atoms with Gasteiger partial charge in [-0.05, 0) is 27.2 Å². The first kappa shape index (κ1) is 21.6. The molecule has 4 heterocycles. The molecule has 1 unspecified atom stereocenters. The van der Waals surface area contributed by atoms with Crippen molar-refractivity contribution in [2.45, 2.75) is 40.2 Å². The predicted molar refractivity (Wildman–Crippen MR) is 116 cm³/mol. The normalized spacial score (nSPS) is 22.5. The summed E-state index contributed by atoms with van der Waals surface area (Å²) < 4.78 is 9.18. The molecule has 2 saturated heterocycles. The minimum atomic E-state index is -0.605. The number of aryl methyl sites for hydroxylation is 1. The Balaban J connectivity index is 1.66. The number of carbonyl (C=O) groups is 2. The molecule has 168 valence electrons. The zero-order chi connectivity index (χ0) is 22.3. The highest BCUT2D eigenvalue weighted by molar-refractivity contribution is 6.23. The summed E-state index contributed by atoms with van der Waals surface area (Å²) in [6, 6.07) is -0.929. The van der Waals surface area contributed by atoms with Crippen molar-refractivity contribution in [1.82, 2.24) is 24.5 Å². The van der Waals surface area contributed by atoms with Crippen LogP contribution in [0.5, 0.6) is 0 Å². The monoisotopic (exact) mass is 430 g/mol. The third kappa shape index (κ3) is 3.67. The SMILES string of the molecule is CCC[N+]1=C(n2nc(C)c(C)c2C)N=C2C1C(=O)N(CCN1CCOCC1)C(=O)N2C. The average Bonchev–Trinajstić information content (AvgIpc) is 3.26. The Kier molecular flexibility index (Phi) is 5.94. The number of hydrogen-bond acceptors (Lipinski definition) is 6. The lowest BCUT2D eigenvalue weighted by Gasteiger charge is -2.35. The summed E-state index contributed by atoms with van der Waals surface area (Å²) in [6.07, 6.45) is 0.847. The number of likely N-dealkylation sites (N-methyl/N-ethyl adjacent to an activating group) is 1. The number of imide groups is 1. The van der Waals surface area contributed by atoms with Crippen LogP contribution in [-0.4, -0.2) is 112 Å². The molecule has 0 bridgehead atoms. The molecule has 1 aromatic heterocycles. The molecule has 0 N–H and O–H groups in total. The van der Waals surface area contributed by atoms with E-state index >= 15 is 0 Å². The van der Waals surface area contributed by atoms with Crippen LogP contribution in [0.15, 0.2) is 4.99 Å². The lowest BCUT2D eigenvalue weighted by Crippen LogP contribution is -2.63. The Bertz CT molecular complexity index is 958. The van der Waals surface area contributed by atoms with E-state index in [1.54, 1.807) is 11.7 Å². The van der Waals surface area contributed by atoms with Gasteiger partial charge in [-0.15, -0.1) is 9.78 Å². The van der Waals surface area contributed by atoms with Crippen LogP contribution in [0.25, 0.3) is 0 Å². The second-order valence-electron chi connectivity index (χ2n) is 8.36. The van der Waals surface area contributed by atoms with Gasteiger partial charge in [-0.3, -0.25) is 19.5 Å². The lowest BCUT2D eigenvalue weighted by molar-refractivity contribution is -0.537. The molecule has 10 nitrogen and oxygen atoms in total. The second-order valence-corrected chi connectivity index (χ2v) is 8.36. The van der Waals surface area contributed by atoms with E-state index < -0.39 is 6.04 Å². The summed E-state index contributed by atoms with van der Waals surface area (Å²) in [4.78, 5) is 36.4. The maximum absolute atomic E-state index is 13.5. The number of aromatic nitrogens is 2. The molecule has 1 atom stereocenters. The number of aliphatic imine (C=N–C) groups is 1. The zero-order valence-electron chi connectivity index (χ0n) is 19.1. The molecule has 2 fully saturated rings. The molecule has 0 aliphatic carbocycles. The van der Waals surface area contributed by atoms with Gasteiger partial charge in [0.15, 0.2) is 0 Å². The molecule has 10 heteroatoms. The molecule has 1 aromatic rings. The number of rotatable bonds is 5. The van der Waals surface area contributed by atoms with Crippen LogP contribution in [0.4, 0.5) is 4.79 Å². The third-order valence-electron chi connectivity index (χ3n) is 6.44. The molecule has 0 saturated carbocycles. The molecule has 3 aliphatic rings. The lowest BCUT2D eigenvalue weighted by atomic mass is 10.1. The number of ether oxygens (including phenoxy) is 1. The Labute approximate surface area is 182 Å². The van der Waals surface area contributed by atoms with Crippen LogP contribution in [0.2, 0.25) is 0 Å². The Morgan fingerprint density at radius 1 is 1.13 bits per heavy atom. The first-order valence-corrected chi connectivity index (χ1v) is 11.0. The first-order valence-electron chi connectivity index (χ1n) is 11.0. The van der Waals surface area contributed by atoms with Crippen LogP contribution >= 0.6 is 0 Å². The second kappa shape index (κ2) is 8.51. The maximum Gasteiger partial charge on any atom is 0.421 e. The van der Waals surface area contributed by atoms with Gasteiger partial charge in [-0.25, -0.2) is 9.37 Å².